The number of rotatable bonds is 3. The molecule has 5 nitrogen and oxygen atoms in total. The van der Waals surface area contributed by atoms with E-state index in [0.29, 0.717) is 11.4 Å². The van der Waals surface area contributed by atoms with Gasteiger partial charge in [0.25, 0.3) is 0 Å². The molecular formula is C15H14F3N3O2S. The number of guanidine groups is 1. The highest BCUT2D eigenvalue weighted by molar-refractivity contribution is 7.91. The number of halogens is 3. The largest absolute Gasteiger partial charge is 0.518 e. The van der Waals surface area contributed by atoms with Crippen molar-refractivity contribution < 1.29 is 21.6 Å². The van der Waals surface area contributed by atoms with E-state index in [9.17, 15) is 21.6 Å². The van der Waals surface area contributed by atoms with E-state index in [0.717, 1.165) is 0 Å². The van der Waals surface area contributed by atoms with Crippen LogP contribution in [0.4, 0.5) is 24.5 Å². The van der Waals surface area contributed by atoms with Crippen molar-refractivity contribution in [3.05, 3.63) is 60.7 Å². The second kappa shape index (κ2) is 6.91. The third-order valence-electron chi connectivity index (χ3n) is 2.99. The van der Waals surface area contributed by atoms with Gasteiger partial charge in [-0.05, 0) is 24.3 Å². The van der Waals surface area contributed by atoms with Crippen molar-refractivity contribution >= 4 is 27.4 Å². The number of para-hydroxylation sites is 2. The Labute approximate surface area is 137 Å². The van der Waals surface area contributed by atoms with Gasteiger partial charge in [-0.15, -0.1) is 4.40 Å². The fraction of sp³-hybridized carbons (Fsp3) is 0.133. The van der Waals surface area contributed by atoms with Crippen LogP contribution in [0.15, 0.2) is 65.1 Å². The number of hydrogen-bond donors (Lipinski definition) is 1. The molecule has 0 radical (unpaired) electrons. The zero-order chi connectivity index (χ0) is 17.8. The molecule has 0 aromatic heterocycles. The summed E-state index contributed by atoms with van der Waals surface area (Å²) in [5.41, 5.74) is -4.61. The maximum absolute atomic E-state index is 12.7. The highest BCUT2D eigenvalue weighted by Crippen LogP contribution is 2.25. The first-order chi connectivity index (χ1) is 11.2. The molecule has 0 saturated carbocycles. The van der Waals surface area contributed by atoms with Gasteiger partial charge < -0.3 is 10.2 Å². The van der Waals surface area contributed by atoms with E-state index in [2.05, 4.69) is 9.71 Å². The van der Waals surface area contributed by atoms with Gasteiger partial charge in [0.1, 0.15) is 0 Å². The van der Waals surface area contributed by atoms with Gasteiger partial charge in [-0.25, -0.2) is 0 Å². The summed E-state index contributed by atoms with van der Waals surface area (Å²) in [6, 6.07) is 16.5. The van der Waals surface area contributed by atoms with Crippen LogP contribution in [0.25, 0.3) is 0 Å². The van der Waals surface area contributed by atoms with E-state index in [4.69, 9.17) is 0 Å². The average Bonchev–Trinajstić information content (AvgIpc) is 2.54. The minimum atomic E-state index is -5.69. The van der Waals surface area contributed by atoms with Crippen LogP contribution in [0.2, 0.25) is 0 Å². The first kappa shape index (κ1) is 17.8. The van der Waals surface area contributed by atoms with Crippen molar-refractivity contribution in [1.82, 2.24) is 0 Å². The molecule has 2 rings (SSSR count). The summed E-state index contributed by atoms with van der Waals surface area (Å²) in [6.45, 7) is 0. The van der Waals surface area contributed by atoms with Crippen molar-refractivity contribution in [2.24, 2.45) is 4.40 Å². The van der Waals surface area contributed by atoms with Crippen molar-refractivity contribution in [1.29, 1.82) is 0 Å². The molecule has 0 amide bonds. The predicted octanol–water partition coefficient (Wildman–Crippen LogP) is 3.44. The highest BCUT2D eigenvalue weighted by atomic mass is 32.2. The van der Waals surface area contributed by atoms with Crippen molar-refractivity contribution in [3.8, 4) is 0 Å². The highest BCUT2D eigenvalue weighted by Gasteiger charge is 2.46. The van der Waals surface area contributed by atoms with Crippen LogP contribution < -0.4 is 10.2 Å². The topological polar surface area (TPSA) is 61.8 Å². The average molecular weight is 357 g/mol. The SMILES string of the molecule is CN(/C(=N/S(=O)(=O)C(F)(F)F)Nc1ccccc1)c1ccccc1. The summed E-state index contributed by atoms with van der Waals surface area (Å²) in [7, 11) is -4.27. The molecule has 0 aliphatic carbocycles. The lowest BCUT2D eigenvalue weighted by atomic mass is 10.3. The Balaban J connectivity index is 2.46. The summed E-state index contributed by atoms with van der Waals surface area (Å²) in [4.78, 5) is 1.22. The van der Waals surface area contributed by atoms with Gasteiger partial charge >= 0.3 is 15.5 Å². The summed E-state index contributed by atoms with van der Waals surface area (Å²) in [5.74, 6) is -0.468. The molecule has 2 aromatic rings. The third kappa shape index (κ3) is 4.25. The maximum Gasteiger partial charge on any atom is 0.518 e. The van der Waals surface area contributed by atoms with E-state index < -0.39 is 21.5 Å². The monoisotopic (exact) mass is 357 g/mol. The predicted molar refractivity (Wildman–Crippen MR) is 87.3 cm³/mol. The van der Waals surface area contributed by atoms with Gasteiger partial charge in [0.15, 0.2) is 0 Å². The Morgan fingerprint density at radius 1 is 1.00 bits per heavy atom. The number of benzene rings is 2. The number of alkyl halides is 3. The molecule has 0 bridgehead atoms. The van der Waals surface area contributed by atoms with Crippen molar-refractivity contribution in [2.45, 2.75) is 5.51 Å². The molecule has 0 atom stereocenters. The van der Waals surface area contributed by atoms with Crippen LogP contribution in [0, 0.1) is 0 Å². The number of nitrogens with zero attached hydrogens (tertiary/aromatic N) is 2. The molecule has 0 fully saturated rings. The Kier molecular flexibility index (Phi) is 5.13. The first-order valence-corrected chi connectivity index (χ1v) is 8.17. The van der Waals surface area contributed by atoms with Gasteiger partial charge in [-0.3, -0.25) is 0 Å². The zero-order valence-corrected chi connectivity index (χ0v) is 13.3. The maximum atomic E-state index is 12.7. The van der Waals surface area contributed by atoms with Crippen LogP contribution in [0.1, 0.15) is 0 Å². The Morgan fingerprint density at radius 3 is 2.00 bits per heavy atom. The normalized spacial score (nSPS) is 12.8. The molecule has 128 valence electrons. The molecule has 0 aliphatic rings. The minimum absolute atomic E-state index is 0.399. The van der Waals surface area contributed by atoms with E-state index >= 15 is 0 Å². The van der Waals surface area contributed by atoms with Crippen LogP contribution in [0.3, 0.4) is 0 Å². The zero-order valence-electron chi connectivity index (χ0n) is 12.5. The van der Waals surface area contributed by atoms with Crippen LogP contribution in [-0.2, 0) is 10.0 Å². The summed E-state index contributed by atoms with van der Waals surface area (Å²) < 4.78 is 63.7. The molecular weight excluding hydrogens is 343 g/mol. The van der Waals surface area contributed by atoms with Crippen LogP contribution in [-0.4, -0.2) is 26.9 Å². The smallest absolute Gasteiger partial charge is 0.325 e. The standard InChI is InChI=1S/C15H14F3N3O2S/c1-21(13-10-6-3-7-11-13)14(19-12-8-4-2-5-9-12)20-24(22,23)15(16,17)18/h2-11H,1H3,(H,19,20). The van der Waals surface area contributed by atoms with Gasteiger partial charge in [0.2, 0.25) is 5.96 Å². The second-order valence-corrected chi connectivity index (χ2v) is 6.32. The quantitative estimate of drug-likeness (QED) is 0.675. The van der Waals surface area contributed by atoms with Gasteiger partial charge in [-0.1, -0.05) is 36.4 Å². The Hall–Kier alpha value is -2.55. The molecule has 0 heterocycles. The molecule has 0 saturated heterocycles. The first-order valence-electron chi connectivity index (χ1n) is 6.73. The van der Waals surface area contributed by atoms with Crippen LogP contribution >= 0.6 is 0 Å². The summed E-state index contributed by atoms with van der Waals surface area (Å²) in [5, 5.41) is 2.60. The third-order valence-corrected chi connectivity index (χ3v) is 3.99. The van der Waals surface area contributed by atoms with Crippen LogP contribution in [0.5, 0.6) is 0 Å². The Bertz CT molecular complexity index is 807. The number of nitrogens with one attached hydrogen (secondary N) is 1. The van der Waals surface area contributed by atoms with Gasteiger partial charge in [0, 0.05) is 18.4 Å². The van der Waals surface area contributed by atoms with Crippen molar-refractivity contribution in [3.63, 3.8) is 0 Å². The molecule has 2 aromatic carbocycles. The molecule has 0 unspecified atom stereocenters. The number of anilines is 2. The minimum Gasteiger partial charge on any atom is -0.325 e. The van der Waals surface area contributed by atoms with E-state index in [1.54, 1.807) is 60.7 Å². The lowest BCUT2D eigenvalue weighted by Gasteiger charge is -2.22. The van der Waals surface area contributed by atoms with E-state index in [-0.39, 0.29) is 0 Å². The van der Waals surface area contributed by atoms with Gasteiger partial charge in [0.05, 0.1) is 0 Å². The Morgan fingerprint density at radius 2 is 1.50 bits per heavy atom. The lowest BCUT2D eigenvalue weighted by Crippen LogP contribution is -2.35. The molecule has 1 N–H and O–H groups in total. The van der Waals surface area contributed by atoms with Gasteiger partial charge in [-0.2, -0.15) is 21.6 Å². The molecule has 0 aliphatic heterocycles. The van der Waals surface area contributed by atoms with Crippen molar-refractivity contribution in [2.75, 3.05) is 17.3 Å². The number of hydrogen-bond acceptors (Lipinski definition) is 2. The number of sulfonamides is 1. The summed E-state index contributed by atoms with van der Waals surface area (Å²) >= 11 is 0. The fourth-order valence-electron chi connectivity index (χ4n) is 1.76. The fourth-order valence-corrected chi connectivity index (χ4v) is 2.26. The lowest BCUT2D eigenvalue weighted by molar-refractivity contribution is -0.0435. The summed E-state index contributed by atoms with van der Waals surface area (Å²) in [6.07, 6.45) is 0. The molecule has 0 spiro atoms. The van der Waals surface area contributed by atoms with E-state index in [1.165, 1.54) is 11.9 Å². The molecule has 9 heteroatoms. The molecule has 24 heavy (non-hydrogen) atoms. The van der Waals surface area contributed by atoms with E-state index in [1.807, 2.05) is 0 Å². The second-order valence-electron chi connectivity index (χ2n) is 4.72.